The number of nitrogens with zero attached hydrogens (tertiary/aromatic N) is 3. The quantitative estimate of drug-likeness (QED) is 0.723. The van der Waals surface area contributed by atoms with E-state index >= 15 is 0 Å². The van der Waals surface area contributed by atoms with Gasteiger partial charge in [-0.1, -0.05) is 30.3 Å². The van der Waals surface area contributed by atoms with Gasteiger partial charge >= 0.3 is 0 Å². The molecular weight excluding hydrogens is 380 g/mol. The number of fused-ring (bicyclic) bond motifs is 2. The van der Waals surface area contributed by atoms with Gasteiger partial charge in [0.1, 0.15) is 0 Å². The van der Waals surface area contributed by atoms with Gasteiger partial charge in [0.05, 0.1) is 0 Å². The number of rotatable bonds is 4. The standard InChI is InChI=1S/C23H26N4OS/c1-26-21-9-8-18(24-14-19-7-4-12-29-19)13-20(21)22(25-26)23(28)27-11-10-16-5-2-3-6-17(16)15-27/h2-7,12,18,24H,8-11,13-15H2,1H3/t18-/m1/s1. The van der Waals surface area contributed by atoms with Crippen molar-refractivity contribution in [2.45, 2.75) is 44.8 Å². The predicted octanol–water partition coefficient (Wildman–Crippen LogP) is 3.33. The summed E-state index contributed by atoms with van der Waals surface area (Å²) in [5.41, 5.74) is 5.64. The molecule has 1 aromatic carbocycles. The average Bonchev–Trinajstić information content (AvgIpc) is 3.39. The van der Waals surface area contributed by atoms with Gasteiger partial charge in [0, 0.05) is 48.9 Å². The Morgan fingerprint density at radius 2 is 2.07 bits per heavy atom. The second-order valence-electron chi connectivity index (χ2n) is 8.04. The molecule has 1 aliphatic carbocycles. The van der Waals surface area contributed by atoms with E-state index in [0.717, 1.165) is 44.3 Å². The fraction of sp³-hybridized carbons (Fsp3) is 0.391. The maximum atomic E-state index is 13.4. The van der Waals surface area contributed by atoms with Crippen molar-refractivity contribution >= 4 is 17.2 Å². The van der Waals surface area contributed by atoms with E-state index in [1.54, 1.807) is 11.3 Å². The van der Waals surface area contributed by atoms with Crippen LogP contribution in [-0.2, 0) is 39.4 Å². The molecule has 2 aliphatic rings. The molecule has 2 aromatic heterocycles. The Morgan fingerprint density at radius 3 is 2.90 bits per heavy atom. The number of hydrogen-bond donors (Lipinski definition) is 1. The van der Waals surface area contributed by atoms with Crippen LogP contribution in [0.2, 0.25) is 0 Å². The highest BCUT2D eigenvalue weighted by Crippen LogP contribution is 2.27. The van der Waals surface area contributed by atoms with E-state index in [9.17, 15) is 4.79 Å². The number of hydrogen-bond acceptors (Lipinski definition) is 4. The molecule has 0 spiro atoms. The SMILES string of the molecule is Cn1nc(C(=O)N2CCc3ccccc3C2)c2c1CC[C@@H](NCc1cccs1)C2. The summed E-state index contributed by atoms with van der Waals surface area (Å²) in [6.45, 7) is 2.34. The van der Waals surface area contributed by atoms with Crippen molar-refractivity contribution in [2.75, 3.05) is 6.54 Å². The van der Waals surface area contributed by atoms with Gasteiger partial charge in [-0.2, -0.15) is 5.10 Å². The maximum absolute atomic E-state index is 13.4. The molecule has 29 heavy (non-hydrogen) atoms. The Bertz CT molecular complexity index is 1020. The zero-order valence-electron chi connectivity index (χ0n) is 16.7. The van der Waals surface area contributed by atoms with E-state index in [0.29, 0.717) is 18.3 Å². The van der Waals surface area contributed by atoms with Gasteiger partial charge in [-0.3, -0.25) is 9.48 Å². The third kappa shape index (κ3) is 3.63. The second kappa shape index (κ2) is 7.76. The third-order valence-electron chi connectivity index (χ3n) is 6.22. The molecule has 1 N–H and O–H groups in total. The minimum atomic E-state index is 0.0789. The molecular formula is C23H26N4OS. The molecule has 3 aromatic rings. The van der Waals surface area contributed by atoms with Crippen molar-refractivity contribution in [1.29, 1.82) is 0 Å². The van der Waals surface area contributed by atoms with Crippen LogP contribution >= 0.6 is 11.3 Å². The first-order valence-electron chi connectivity index (χ1n) is 10.4. The highest BCUT2D eigenvalue weighted by atomic mass is 32.1. The van der Waals surface area contributed by atoms with E-state index < -0.39 is 0 Å². The Hall–Kier alpha value is -2.44. The van der Waals surface area contributed by atoms with Crippen LogP contribution in [0.5, 0.6) is 0 Å². The fourth-order valence-corrected chi connectivity index (χ4v) is 5.27. The number of thiophene rings is 1. The van der Waals surface area contributed by atoms with Crippen LogP contribution in [-0.4, -0.2) is 33.2 Å². The van der Waals surface area contributed by atoms with Gasteiger partial charge in [0.2, 0.25) is 0 Å². The van der Waals surface area contributed by atoms with Crippen molar-refractivity contribution in [2.24, 2.45) is 7.05 Å². The molecule has 1 amide bonds. The summed E-state index contributed by atoms with van der Waals surface area (Å²) in [6, 6.07) is 13.1. The number of amides is 1. The normalized spacial score (nSPS) is 18.4. The number of benzene rings is 1. The van der Waals surface area contributed by atoms with Gasteiger partial charge in [-0.15, -0.1) is 11.3 Å². The fourth-order valence-electron chi connectivity index (χ4n) is 4.61. The van der Waals surface area contributed by atoms with E-state index in [1.165, 1.54) is 21.7 Å². The van der Waals surface area contributed by atoms with Gasteiger partial charge in [0.15, 0.2) is 5.69 Å². The van der Waals surface area contributed by atoms with Gasteiger partial charge in [0.25, 0.3) is 5.91 Å². The number of aryl methyl sites for hydroxylation is 1. The van der Waals surface area contributed by atoms with Gasteiger partial charge < -0.3 is 10.2 Å². The zero-order chi connectivity index (χ0) is 19.8. The maximum Gasteiger partial charge on any atom is 0.274 e. The van der Waals surface area contributed by atoms with Crippen molar-refractivity contribution in [3.63, 3.8) is 0 Å². The largest absolute Gasteiger partial charge is 0.333 e. The highest BCUT2D eigenvalue weighted by Gasteiger charge is 2.31. The molecule has 3 heterocycles. The summed E-state index contributed by atoms with van der Waals surface area (Å²) in [5.74, 6) is 0.0789. The summed E-state index contributed by atoms with van der Waals surface area (Å²) < 4.78 is 1.93. The number of aromatic nitrogens is 2. The molecule has 1 atom stereocenters. The van der Waals surface area contributed by atoms with Crippen LogP contribution in [0.15, 0.2) is 41.8 Å². The molecule has 5 nitrogen and oxygen atoms in total. The van der Waals surface area contributed by atoms with E-state index in [-0.39, 0.29) is 5.91 Å². The average molecular weight is 407 g/mol. The predicted molar refractivity (Wildman–Crippen MR) is 115 cm³/mol. The minimum absolute atomic E-state index is 0.0789. The summed E-state index contributed by atoms with van der Waals surface area (Å²) in [7, 11) is 1.97. The lowest BCUT2D eigenvalue weighted by atomic mass is 9.90. The molecule has 0 saturated heterocycles. The van der Waals surface area contributed by atoms with Crippen LogP contribution in [0.1, 0.15) is 44.2 Å². The molecule has 1 aliphatic heterocycles. The molecule has 6 heteroatoms. The Kier molecular flexibility index (Phi) is 4.97. The minimum Gasteiger partial charge on any atom is -0.333 e. The first kappa shape index (κ1) is 18.6. The topological polar surface area (TPSA) is 50.2 Å². The van der Waals surface area contributed by atoms with E-state index in [2.05, 4.69) is 52.2 Å². The van der Waals surface area contributed by atoms with Crippen LogP contribution in [0, 0.1) is 0 Å². The second-order valence-corrected chi connectivity index (χ2v) is 9.08. The molecule has 150 valence electrons. The molecule has 0 bridgehead atoms. The van der Waals surface area contributed by atoms with Crippen LogP contribution in [0.3, 0.4) is 0 Å². The smallest absolute Gasteiger partial charge is 0.274 e. The van der Waals surface area contributed by atoms with E-state index in [1.807, 2.05) is 16.6 Å². The number of nitrogens with one attached hydrogen (secondary N) is 1. The van der Waals surface area contributed by atoms with Crippen LogP contribution in [0.4, 0.5) is 0 Å². The summed E-state index contributed by atoms with van der Waals surface area (Å²) in [6.07, 6.45) is 3.85. The van der Waals surface area contributed by atoms with Crippen LogP contribution < -0.4 is 5.32 Å². The summed E-state index contributed by atoms with van der Waals surface area (Å²) in [4.78, 5) is 16.7. The Balaban J connectivity index is 1.33. The van der Waals surface area contributed by atoms with Crippen molar-refractivity contribution in [3.8, 4) is 0 Å². The Labute approximate surface area is 175 Å². The van der Waals surface area contributed by atoms with Crippen molar-refractivity contribution in [3.05, 3.63) is 74.7 Å². The van der Waals surface area contributed by atoms with Gasteiger partial charge in [-0.05, 0) is 48.3 Å². The summed E-state index contributed by atoms with van der Waals surface area (Å²) >= 11 is 1.78. The van der Waals surface area contributed by atoms with Gasteiger partial charge in [-0.25, -0.2) is 0 Å². The number of carbonyl (C=O) groups is 1. The lowest BCUT2D eigenvalue weighted by Gasteiger charge is -2.29. The zero-order valence-corrected chi connectivity index (χ0v) is 17.5. The molecule has 5 rings (SSSR count). The molecule has 0 saturated carbocycles. The monoisotopic (exact) mass is 406 g/mol. The van der Waals surface area contributed by atoms with Crippen molar-refractivity contribution in [1.82, 2.24) is 20.0 Å². The van der Waals surface area contributed by atoms with Crippen molar-refractivity contribution < 1.29 is 4.79 Å². The lowest BCUT2D eigenvalue weighted by Crippen LogP contribution is -2.38. The summed E-state index contributed by atoms with van der Waals surface area (Å²) in [5, 5.41) is 10.5. The van der Waals surface area contributed by atoms with E-state index in [4.69, 9.17) is 0 Å². The highest BCUT2D eigenvalue weighted by molar-refractivity contribution is 7.09. The Morgan fingerprint density at radius 1 is 1.21 bits per heavy atom. The third-order valence-corrected chi connectivity index (χ3v) is 7.10. The molecule has 0 radical (unpaired) electrons. The number of carbonyl (C=O) groups excluding carboxylic acids is 1. The first-order valence-corrected chi connectivity index (χ1v) is 11.2. The van der Waals surface area contributed by atoms with Crippen LogP contribution in [0.25, 0.3) is 0 Å². The molecule has 0 fully saturated rings. The molecule has 0 unspecified atom stereocenters. The first-order chi connectivity index (χ1) is 14.2. The lowest BCUT2D eigenvalue weighted by molar-refractivity contribution is 0.0726.